The first kappa shape index (κ1) is 16.1. The van der Waals surface area contributed by atoms with Crippen molar-refractivity contribution in [2.24, 2.45) is 10.3 Å². The minimum absolute atomic E-state index is 0. The lowest BCUT2D eigenvalue weighted by molar-refractivity contribution is -0.839. The number of para-hydroxylation sites is 1. The zero-order chi connectivity index (χ0) is 14.9. The van der Waals surface area contributed by atoms with E-state index in [1.807, 2.05) is 18.2 Å². The van der Waals surface area contributed by atoms with Crippen LogP contribution in [0.1, 0.15) is 0 Å². The first-order valence-electron chi connectivity index (χ1n) is 7.47. The molecule has 7 nitrogen and oxygen atoms in total. The number of fused-ring (bicyclic) bond motifs is 3. The van der Waals surface area contributed by atoms with E-state index in [4.69, 9.17) is 9.15 Å². The molecule has 1 saturated heterocycles. The molecule has 1 unspecified atom stereocenters. The highest BCUT2D eigenvalue weighted by Gasteiger charge is 2.31. The second kappa shape index (κ2) is 6.76. The molecule has 0 amide bonds. The Morgan fingerprint density at radius 3 is 2.83 bits per heavy atom. The van der Waals surface area contributed by atoms with Crippen LogP contribution in [-0.2, 0) is 4.74 Å². The second-order valence-corrected chi connectivity index (χ2v) is 5.46. The molecule has 1 atom stereocenters. The number of morpholine rings is 1. The number of benzene rings is 1. The Kier molecular flexibility index (Phi) is 4.72. The average molecular weight is 337 g/mol. The summed E-state index contributed by atoms with van der Waals surface area (Å²) in [6, 6.07) is 7.53. The third-order valence-electron chi connectivity index (χ3n) is 4.12. The predicted octanol–water partition coefficient (Wildman–Crippen LogP) is -2.34. The van der Waals surface area contributed by atoms with Gasteiger partial charge in [-0.15, -0.1) is 0 Å². The van der Waals surface area contributed by atoms with Gasteiger partial charge in [-0.05, 0) is 12.1 Å². The topological polar surface area (TPSA) is 71.8 Å². The van der Waals surface area contributed by atoms with E-state index in [9.17, 15) is 4.79 Å². The predicted molar refractivity (Wildman–Crippen MR) is 79.7 cm³/mol. The number of ether oxygens (including phenoxy) is 1. The van der Waals surface area contributed by atoms with Crippen LogP contribution >= 0.6 is 0 Å². The minimum Gasteiger partial charge on any atom is -1.00 e. The lowest BCUT2D eigenvalue weighted by Crippen LogP contribution is -3.02. The Hall–Kier alpha value is -1.80. The molecule has 0 radical (unpaired) electrons. The van der Waals surface area contributed by atoms with Gasteiger partial charge in [0.2, 0.25) is 11.4 Å². The van der Waals surface area contributed by atoms with Crippen LogP contribution in [0.5, 0.6) is 0 Å². The van der Waals surface area contributed by atoms with Gasteiger partial charge in [-0.25, -0.2) is 4.79 Å². The zero-order valence-corrected chi connectivity index (χ0v) is 13.3. The van der Waals surface area contributed by atoms with E-state index < -0.39 is 5.63 Å². The maximum atomic E-state index is 12.0. The number of rotatable bonds is 3. The van der Waals surface area contributed by atoms with Gasteiger partial charge in [0.25, 0.3) is 0 Å². The summed E-state index contributed by atoms with van der Waals surface area (Å²) >= 11 is 0. The minimum atomic E-state index is -0.418. The molecule has 1 N–H and O–H groups in total. The summed E-state index contributed by atoms with van der Waals surface area (Å²) in [5, 5.41) is 10.0. The van der Waals surface area contributed by atoms with E-state index in [0.717, 1.165) is 55.5 Å². The summed E-state index contributed by atoms with van der Waals surface area (Å²) in [4.78, 5) is 14.4. The lowest BCUT2D eigenvalue weighted by Gasteiger charge is -2.26. The third-order valence-corrected chi connectivity index (χ3v) is 4.12. The van der Waals surface area contributed by atoms with E-state index in [1.165, 1.54) is 0 Å². The van der Waals surface area contributed by atoms with Crippen molar-refractivity contribution in [1.82, 2.24) is 4.90 Å². The average Bonchev–Trinajstić information content (AvgIpc) is 2.99. The summed E-state index contributed by atoms with van der Waals surface area (Å²) in [5.74, 6) is 0. The molecule has 1 fully saturated rings. The fourth-order valence-corrected chi connectivity index (χ4v) is 2.95. The smallest absolute Gasteiger partial charge is 0.370 e. The molecule has 0 bridgehead atoms. The van der Waals surface area contributed by atoms with Crippen molar-refractivity contribution in [2.75, 3.05) is 39.4 Å². The largest absolute Gasteiger partial charge is 1.00 e. The van der Waals surface area contributed by atoms with Gasteiger partial charge in [-0.1, -0.05) is 17.2 Å². The van der Waals surface area contributed by atoms with E-state index in [2.05, 4.69) is 15.2 Å². The summed E-state index contributed by atoms with van der Waals surface area (Å²) in [7, 11) is 0. The SMILES string of the molecule is O=c1oc2ccccc2c2c1N=N[NH+]2CCN1CCOCC1.[Cl-]. The van der Waals surface area contributed by atoms with Crippen LogP contribution in [0.15, 0.2) is 43.8 Å². The van der Waals surface area contributed by atoms with Gasteiger partial charge in [0.15, 0.2) is 0 Å². The summed E-state index contributed by atoms with van der Waals surface area (Å²) in [6.45, 7) is 5.10. The molecule has 4 rings (SSSR count). The van der Waals surface area contributed by atoms with Crippen LogP contribution in [-0.4, -0.2) is 44.3 Å². The fourth-order valence-electron chi connectivity index (χ4n) is 2.95. The van der Waals surface area contributed by atoms with E-state index in [1.54, 1.807) is 6.07 Å². The molecule has 122 valence electrons. The second-order valence-electron chi connectivity index (χ2n) is 5.46. The van der Waals surface area contributed by atoms with Crippen molar-refractivity contribution in [3.63, 3.8) is 0 Å². The first-order chi connectivity index (χ1) is 10.8. The molecule has 23 heavy (non-hydrogen) atoms. The van der Waals surface area contributed by atoms with Gasteiger partial charge in [-0.3, -0.25) is 4.90 Å². The normalized spacial score (nSPS) is 20.4. The van der Waals surface area contributed by atoms with Crippen LogP contribution in [0.3, 0.4) is 0 Å². The number of hydrogen-bond donors (Lipinski definition) is 1. The van der Waals surface area contributed by atoms with E-state index in [-0.39, 0.29) is 12.4 Å². The molecular weight excluding hydrogens is 320 g/mol. The number of nitrogens with zero attached hydrogens (tertiary/aromatic N) is 3. The highest BCUT2D eigenvalue weighted by atomic mass is 35.5. The monoisotopic (exact) mass is 336 g/mol. The standard InChI is InChI=1S/C15H16N4O3.ClH/c20-15-13-14(11-3-1-2-4-12(11)22-15)19(17-16-13)6-5-18-7-9-21-10-8-18;/h1-4H,5-10H2;1H. The molecule has 0 spiro atoms. The quantitative estimate of drug-likeness (QED) is 0.638. The van der Waals surface area contributed by atoms with Crippen LogP contribution in [0.4, 0.5) is 11.4 Å². The lowest BCUT2D eigenvalue weighted by atomic mass is 10.2. The van der Waals surface area contributed by atoms with Crippen LogP contribution in [0.2, 0.25) is 0 Å². The highest BCUT2D eigenvalue weighted by molar-refractivity contribution is 5.91. The first-order valence-corrected chi connectivity index (χ1v) is 7.47. The van der Waals surface area contributed by atoms with Gasteiger partial charge < -0.3 is 21.6 Å². The molecule has 8 heteroatoms. The fraction of sp³-hybridized carbons (Fsp3) is 0.400. The Bertz CT molecular complexity index is 786. The van der Waals surface area contributed by atoms with Crippen LogP contribution in [0.25, 0.3) is 11.0 Å². The molecule has 1 aromatic carbocycles. The van der Waals surface area contributed by atoms with Gasteiger partial charge >= 0.3 is 5.63 Å². The van der Waals surface area contributed by atoms with Crippen molar-refractivity contribution in [3.05, 3.63) is 34.7 Å². The number of nitrogens with one attached hydrogen (secondary N) is 1. The highest BCUT2D eigenvalue weighted by Crippen LogP contribution is 2.29. The number of halogens is 1. The summed E-state index contributed by atoms with van der Waals surface area (Å²) in [6.07, 6.45) is 0. The third kappa shape index (κ3) is 3.00. The Morgan fingerprint density at radius 1 is 1.22 bits per heavy atom. The molecule has 3 heterocycles. The maximum absolute atomic E-state index is 12.0. The maximum Gasteiger partial charge on any atom is 0.370 e. The molecule has 0 saturated carbocycles. The van der Waals surface area contributed by atoms with Crippen molar-refractivity contribution in [1.29, 1.82) is 0 Å². The molecule has 2 aliphatic heterocycles. The Labute approximate surface area is 138 Å². The van der Waals surface area contributed by atoms with Gasteiger partial charge in [0, 0.05) is 18.3 Å². The van der Waals surface area contributed by atoms with Crippen molar-refractivity contribution < 1.29 is 26.6 Å². The Morgan fingerprint density at radius 2 is 2.00 bits per heavy atom. The van der Waals surface area contributed by atoms with Crippen molar-refractivity contribution in [3.8, 4) is 0 Å². The van der Waals surface area contributed by atoms with E-state index >= 15 is 0 Å². The zero-order valence-electron chi connectivity index (χ0n) is 12.5. The molecular formula is C15H17ClN4O3. The van der Waals surface area contributed by atoms with Gasteiger partial charge in [-0.2, -0.15) is 5.01 Å². The molecule has 1 aromatic heterocycles. The van der Waals surface area contributed by atoms with Crippen LogP contribution in [0, 0.1) is 0 Å². The van der Waals surface area contributed by atoms with Crippen molar-refractivity contribution in [2.45, 2.75) is 0 Å². The number of quaternary nitrogens is 1. The van der Waals surface area contributed by atoms with Crippen LogP contribution < -0.4 is 23.0 Å². The van der Waals surface area contributed by atoms with Gasteiger partial charge in [0.05, 0.1) is 25.1 Å². The molecule has 0 aliphatic carbocycles. The molecule has 2 aromatic rings. The van der Waals surface area contributed by atoms with Gasteiger partial charge in [0.1, 0.15) is 12.1 Å². The molecule has 2 aliphatic rings. The Balaban J connectivity index is 0.00000156. The van der Waals surface area contributed by atoms with Crippen molar-refractivity contribution >= 4 is 22.3 Å². The number of hydrogen-bond acceptors (Lipinski definition) is 6. The summed E-state index contributed by atoms with van der Waals surface area (Å²) < 4.78 is 10.7. The summed E-state index contributed by atoms with van der Waals surface area (Å²) in [5.41, 5.74) is 1.33. The van der Waals surface area contributed by atoms with E-state index in [0.29, 0.717) is 11.3 Å².